The van der Waals surface area contributed by atoms with Crippen LogP contribution in [0.15, 0.2) is 65.7 Å². The molecule has 0 radical (unpaired) electrons. The lowest BCUT2D eigenvalue weighted by Crippen LogP contribution is -2.44. The smallest absolute Gasteiger partial charge is 0.241 e. The first-order valence-electron chi connectivity index (χ1n) is 10.5. The maximum absolute atomic E-state index is 12.4. The second-order valence-corrected chi connectivity index (χ2v) is 8.00. The molecule has 8 heteroatoms. The second kappa shape index (κ2) is 12.4. The molecule has 1 aliphatic rings. The standard InChI is InChI=1S/C24H31N5O2.HI/c1-28(2)22(31)17-27-24(25-15-18-10-6-4-7-11-18)26-16-20-14-21(30)29(3)23(20)19-12-8-5-9-13-19;/h4-13,20,23H,14-17H2,1-3H3,(H2,25,26,27);1H. The zero-order valence-electron chi connectivity index (χ0n) is 18.8. The summed E-state index contributed by atoms with van der Waals surface area (Å²) in [6.45, 7) is 1.23. The van der Waals surface area contributed by atoms with Gasteiger partial charge < -0.3 is 20.4 Å². The number of amides is 2. The van der Waals surface area contributed by atoms with Gasteiger partial charge in [0.1, 0.15) is 0 Å². The molecule has 0 aromatic heterocycles. The highest BCUT2D eigenvalue weighted by Gasteiger charge is 2.38. The van der Waals surface area contributed by atoms with Crippen LogP contribution in [0.2, 0.25) is 0 Å². The zero-order chi connectivity index (χ0) is 22.2. The van der Waals surface area contributed by atoms with E-state index in [-0.39, 0.29) is 54.3 Å². The van der Waals surface area contributed by atoms with Crippen molar-refractivity contribution in [2.24, 2.45) is 10.9 Å². The molecule has 32 heavy (non-hydrogen) atoms. The zero-order valence-corrected chi connectivity index (χ0v) is 21.2. The minimum Gasteiger partial charge on any atom is -0.356 e. The quantitative estimate of drug-likeness (QED) is 0.317. The van der Waals surface area contributed by atoms with Crippen LogP contribution in [-0.4, -0.2) is 61.8 Å². The molecular formula is C24H32IN5O2. The Hall–Kier alpha value is -2.62. The fourth-order valence-electron chi connectivity index (χ4n) is 3.75. The molecule has 2 amide bonds. The number of nitrogens with one attached hydrogen (secondary N) is 2. The summed E-state index contributed by atoms with van der Waals surface area (Å²) in [6.07, 6.45) is 0.478. The lowest BCUT2D eigenvalue weighted by atomic mass is 9.94. The number of nitrogens with zero attached hydrogens (tertiary/aromatic N) is 3. The third-order valence-corrected chi connectivity index (χ3v) is 5.54. The van der Waals surface area contributed by atoms with Crippen LogP contribution in [-0.2, 0) is 16.1 Å². The molecule has 1 fully saturated rings. The minimum atomic E-state index is -0.0350. The average Bonchev–Trinajstić information content (AvgIpc) is 3.07. The summed E-state index contributed by atoms with van der Waals surface area (Å²) in [5, 5.41) is 6.48. The van der Waals surface area contributed by atoms with E-state index >= 15 is 0 Å². The molecular weight excluding hydrogens is 517 g/mol. The molecule has 1 saturated heterocycles. The number of likely N-dealkylation sites (N-methyl/N-ethyl adjacent to an activating group) is 1. The highest BCUT2D eigenvalue weighted by atomic mass is 127. The molecule has 3 rings (SSSR count). The number of rotatable bonds is 7. The van der Waals surface area contributed by atoms with E-state index in [9.17, 15) is 9.59 Å². The molecule has 0 spiro atoms. The molecule has 2 N–H and O–H groups in total. The molecule has 7 nitrogen and oxygen atoms in total. The van der Waals surface area contributed by atoms with E-state index in [0.29, 0.717) is 25.5 Å². The first kappa shape index (κ1) is 25.6. The average molecular weight is 549 g/mol. The topological polar surface area (TPSA) is 77.0 Å². The summed E-state index contributed by atoms with van der Waals surface area (Å²) in [5.74, 6) is 0.771. The van der Waals surface area contributed by atoms with Crippen molar-refractivity contribution in [3.8, 4) is 0 Å². The van der Waals surface area contributed by atoms with Gasteiger partial charge in [-0.1, -0.05) is 60.7 Å². The molecule has 0 saturated carbocycles. The van der Waals surface area contributed by atoms with E-state index < -0.39 is 0 Å². The molecule has 0 aliphatic carbocycles. The summed E-state index contributed by atoms with van der Waals surface area (Å²) in [6, 6.07) is 20.1. The fourth-order valence-corrected chi connectivity index (χ4v) is 3.75. The Labute approximate surface area is 207 Å². The molecule has 2 atom stereocenters. The SMILES string of the molecule is CN(C)C(=O)CNC(=NCc1ccccc1)NCC1CC(=O)N(C)C1c1ccccc1.I. The molecule has 2 aromatic rings. The van der Waals surface area contributed by atoms with Gasteiger partial charge in [-0.15, -0.1) is 24.0 Å². The van der Waals surface area contributed by atoms with Crippen molar-refractivity contribution < 1.29 is 9.59 Å². The molecule has 2 aromatic carbocycles. The highest BCUT2D eigenvalue weighted by molar-refractivity contribution is 14.0. The Morgan fingerprint density at radius 2 is 1.69 bits per heavy atom. The van der Waals surface area contributed by atoms with E-state index in [1.54, 1.807) is 14.1 Å². The summed E-state index contributed by atoms with van der Waals surface area (Å²) in [7, 11) is 5.31. The van der Waals surface area contributed by atoms with Crippen molar-refractivity contribution in [1.29, 1.82) is 0 Å². The lowest BCUT2D eigenvalue weighted by molar-refractivity contribution is -0.128. The van der Waals surface area contributed by atoms with Gasteiger partial charge in [-0.3, -0.25) is 9.59 Å². The Morgan fingerprint density at radius 1 is 1.06 bits per heavy atom. The summed E-state index contributed by atoms with van der Waals surface area (Å²) >= 11 is 0. The van der Waals surface area contributed by atoms with Crippen molar-refractivity contribution >= 4 is 41.8 Å². The van der Waals surface area contributed by atoms with E-state index in [1.165, 1.54) is 4.90 Å². The van der Waals surface area contributed by atoms with Gasteiger partial charge in [-0.05, 0) is 11.1 Å². The fraction of sp³-hybridized carbons (Fsp3) is 0.375. The summed E-state index contributed by atoms with van der Waals surface area (Å²) in [5.41, 5.74) is 2.21. The van der Waals surface area contributed by atoms with Crippen LogP contribution < -0.4 is 10.6 Å². The normalized spacial score (nSPS) is 18.2. The van der Waals surface area contributed by atoms with Crippen molar-refractivity contribution in [3.63, 3.8) is 0 Å². The van der Waals surface area contributed by atoms with Crippen LogP contribution in [0.4, 0.5) is 0 Å². The van der Waals surface area contributed by atoms with Crippen LogP contribution in [0.5, 0.6) is 0 Å². The summed E-state index contributed by atoms with van der Waals surface area (Å²) in [4.78, 5) is 32.5. The molecule has 172 valence electrons. The third-order valence-electron chi connectivity index (χ3n) is 5.54. The predicted octanol–water partition coefficient (Wildman–Crippen LogP) is 2.65. The third kappa shape index (κ3) is 6.94. The van der Waals surface area contributed by atoms with Crippen LogP contribution in [0.1, 0.15) is 23.6 Å². The Morgan fingerprint density at radius 3 is 2.31 bits per heavy atom. The number of carbonyl (C=O) groups excluding carboxylic acids is 2. The number of hydrogen-bond donors (Lipinski definition) is 2. The highest BCUT2D eigenvalue weighted by Crippen LogP contribution is 2.36. The number of halogens is 1. The first-order valence-corrected chi connectivity index (χ1v) is 10.5. The molecule has 1 heterocycles. The van der Waals surface area contributed by atoms with Gasteiger partial charge in [0.25, 0.3) is 0 Å². The van der Waals surface area contributed by atoms with Crippen molar-refractivity contribution in [2.75, 3.05) is 34.2 Å². The maximum atomic E-state index is 12.4. The van der Waals surface area contributed by atoms with Crippen LogP contribution >= 0.6 is 24.0 Å². The van der Waals surface area contributed by atoms with Gasteiger partial charge in [0.05, 0.1) is 19.1 Å². The number of likely N-dealkylation sites (tertiary alicyclic amines) is 1. The Bertz CT molecular complexity index is 905. The number of hydrogen-bond acceptors (Lipinski definition) is 3. The number of benzene rings is 2. The molecule has 0 bridgehead atoms. The van der Waals surface area contributed by atoms with Crippen molar-refractivity contribution in [2.45, 2.75) is 19.0 Å². The van der Waals surface area contributed by atoms with Gasteiger partial charge in [0.2, 0.25) is 11.8 Å². The number of aliphatic imine (C=N–C) groups is 1. The van der Waals surface area contributed by atoms with E-state index in [4.69, 9.17) is 0 Å². The van der Waals surface area contributed by atoms with E-state index in [2.05, 4.69) is 27.8 Å². The van der Waals surface area contributed by atoms with Gasteiger partial charge >= 0.3 is 0 Å². The van der Waals surface area contributed by atoms with Crippen LogP contribution in [0.3, 0.4) is 0 Å². The van der Waals surface area contributed by atoms with Gasteiger partial charge in [-0.25, -0.2) is 4.99 Å². The number of carbonyl (C=O) groups is 2. The van der Waals surface area contributed by atoms with Gasteiger partial charge in [0, 0.05) is 40.0 Å². The first-order chi connectivity index (χ1) is 15.0. The Balaban J connectivity index is 0.00000363. The molecule has 1 aliphatic heterocycles. The monoisotopic (exact) mass is 549 g/mol. The van der Waals surface area contributed by atoms with Crippen LogP contribution in [0.25, 0.3) is 0 Å². The van der Waals surface area contributed by atoms with Gasteiger partial charge in [-0.2, -0.15) is 0 Å². The Kier molecular flexibility index (Phi) is 9.96. The van der Waals surface area contributed by atoms with Crippen molar-refractivity contribution in [1.82, 2.24) is 20.4 Å². The van der Waals surface area contributed by atoms with Gasteiger partial charge in [0.15, 0.2) is 5.96 Å². The van der Waals surface area contributed by atoms with E-state index in [1.807, 2.05) is 60.5 Å². The maximum Gasteiger partial charge on any atom is 0.241 e. The summed E-state index contributed by atoms with van der Waals surface area (Å²) < 4.78 is 0. The van der Waals surface area contributed by atoms with Crippen molar-refractivity contribution in [3.05, 3.63) is 71.8 Å². The lowest BCUT2D eigenvalue weighted by Gasteiger charge is -2.26. The molecule has 2 unspecified atom stereocenters. The minimum absolute atomic E-state index is 0. The van der Waals surface area contributed by atoms with Crippen LogP contribution in [0, 0.1) is 5.92 Å². The largest absolute Gasteiger partial charge is 0.356 e. The number of guanidine groups is 1. The van der Waals surface area contributed by atoms with E-state index in [0.717, 1.165) is 11.1 Å². The predicted molar refractivity (Wildman–Crippen MR) is 138 cm³/mol. The second-order valence-electron chi connectivity index (χ2n) is 8.00.